The molecule has 3 nitrogen and oxygen atoms in total. The third-order valence-corrected chi connectivity index (χ3v) is 6.95. The van der Waals surface area contributed by atoms with E-state index in [-0.39, 0.29) is 30.5 Å². The van der Waals surface area contributed by atoms with Crippen LogP contribution in [-0.2, 0) is 9.31 Å². The standard InChI is InChI=1S/C20H33BClNO2/c1-15(14-23)12-13-18(22)21-24-19(16-8-4-2-5-9-16)20(25-21)17-10-6-3-7-11-17/h15-20H,2-13H2,1H3/t15?,18-,19-,20-/m1/s1. The fourth-order valence-electron chi connectivity index (χ4n) is 4.96. The van der Waals surface area contributed by atoms with Gasteiger partial charge in [-0.1, -0.05) is 38.5 Å². The normalized spacial score (nSPS) is 31.6. The minimum Gasteiger partial charge on any atom is -0.404 e. The second kappa shape index (κ2) is 9.63. The SMILES string of the molecule is CC(C#N)CC[C@@H](Cl)B1O[C@H](C2CCCCC2)[C@@H](C2CCCCC2)O1. The number of hydrogen-bond donors (Lipinski definition) is 0. The van der Waals surface area contributed by atoms with Crippen LogP contribution in [0.2, 0.25) is 0 Å². The molecule has 3 aliphatic rings. The maximum atomic E-state index is 8.98. The predicted octanol–water partition coefficient (Wildman–Crippen LogP) is 5.51. The molecule has 1 unspecified atom stereocenters. The largest absolute Gasteiger partial charge is 0.476 e. The smallest absolute Gasteiger partial charge is 0.404 e. The van der Waals surface area contributed by atoms with Crippen molar-refractivity contribution in [2.45, 2.75) is 101 Å². The highest BCUT2D eigenvalue weighted by atomic mass is 35.5. The first-order chi connectivity index (χ1) is 12.2. The van der Waals surface area contributed by atoms with Gasteiger partial charge in [-0.3, -0.25) is 0 Å². The van der Waals surface area contributed by atoms with Crippen molar-refractivity contribution < 1.29 is 9.31 Å². The van der Waals surface area contributed by atoms with Gasteiger partial charge in [-0.2, -0.15) is 5.26 Å². The zero-order valence-electron chi connectivity index (χ0n) is 15.7. The minimum atomic E-state index is -0.286. The lowest BCUT2D eigenvalue weighted by Crippen LogP contribution is -2.38. The highest BCUT2D eigenvalue weighted by Crippen LogP contribution is 2.41. The van der Waals surface area contributed by atoms with E-state index >= 15 is 0 Å². The molecule has 5 heteroatoms. The van der Waals surface area contributed by atoms with E-state index in [2.05, 4.69) is 6.07 Å². The summed E-state index contributed by atoms with van der Waals surface area (Å²) in [5.74, 6) is 1.34. The maximum Gasteiger partial charge on any atom is 0.476 e. The van der Waals surface area contributed by atoms with Crippen LogP contribution in [0, 0.1) is 29.1 Å². The molecule has 3 fully saturated rings. The third kappa shape index (κ3) is 5.15. The van der Waals surface area contributed by atoms with E-state index in [1.54, 1.807) is 0 Å². The van der Waals surface area contributed by atoms with E-state index in [1.807, 2.05) is 6.92 Å². The van der Waals surface area contributed by atoms with E-state index in [9.17, 15) is 0 Å². The molecule has 25 heavy (non-hydrogen) atoms. The molecule has 0 amide bonds. The summed E-state index contributed by atoms with van der Waals surface area (Å²) in [4.78, 5) is 0. The van der Waals surface area contributed by atoms with Crippen LogP contribution in [0.1, 0.15) is 84.0 Å². The van der Waals surface area contributed by atoms with Gasteiger partial charge < -0.3 is 9.31 Å². The quantitative estimate of drug-likeness (QED) is 0.460. The van der Waals surface area contributed by atoms with Crippen LogP contribution in [0.5, 0.6) is 0 Å². The number of nitrogens with zero attached hydrogens (tertiary/aromatic N) is 1. The highest BCUT2D eigenvalue weighted by Gasteiger charge is 2.49. The van der Waals surface area contributed by atoms with Crippen LogP contribution in [-0.4, -0.2) is 24.6 Å². The summed E-state index contributed by atoms with van der Waals surface area (Å²) in [6.45, 7) is 1.95. The molecule has 3 rings (SSSR count). The van der Waals surface area contributed by atoms with Gasteiger partial charge >= 0.3 is 7.12 Å². The average molecular weight is 366 g/mol. The molecule has 1 aliphatic heterocycles. The summed E-state index contributed by atoms with van der Waals surface area (Å²) in [7, 11) is -0.286. The molecule has 0 aromatic rings. The maximum absolute atomic E-state index is 8.98. The van der Waals surface area contributed by atoms with Crippen molar-refractivity contribution in [3.63, 3.8) is 0 Å². The molecule has 1 heterocycles. The molecular formula is C20H33BClNO2. The fourth-order valence-corrected chi connectivity index (χ4v) is 5.21. The summed E-state index contributed by atoms with van der Waals surface area (Å²) >= 11 is 6.64. The van der Waals surface area contributed by atoms with Gasteiger partial charge in [-0.15, -0.1) is 11.6 Å². The van der Waals surface area contributed by atoms with Crippen LogP contribution in [0.4, 0.5) is 0 Å². The Morgan fingerprint density at radius 1 is 0.920 bits per heavy atom. The Bertz CT molecular complexity index is 419. The Morgan fingerprint density at radius 3 is 1.84 bits per heavy atom. The summed E-state index contributed by atoms with van der Waals surface area (Å²) < 4.78 is 12.9. The topological polar surface area (TPSA) is 42.2 Å². The Labute approximate surface area is 158 Å². The van der Waals surface area contributed by atoms with Crippen molar-refractivity contribution in [3.05, 3.63) is 0 Å². The molecule has 0 spiro atoms. The molecule has 0 N–H and O–H groups in total. The number of alkyl halides is 1. The van der Waals surface area contributed by atoms with E-state index in [0.717, 1.165) is 12.8 Å². The van der Waals surface area contributed by atoms with Gasteiger partial charge in [0, 0.05) is 5.92 Å². The highest BCUT2D eigenvalue weighted by molar-refractivity contribution is 6.59. The van der Waals surface area contributed by atoms with Crippen LogP contribution in [0.3, 0.4) is 0 Å². The molecule has 0 aromatic heterocycles. The van der Waals surface area contributed by atoms with Crippen LogP contribution >= 0.6 is 11.6 Å². The second-order valence-electron chi connectivity index (χ2n) is 8.49. The summed E-state index contributed by atoms with van der Waals surface area (Å²) in [5.41, 5.74) is 0. The molecule has 4 atom stereocenters. The average Bonchev–Trinajstić information content (AvgIpc) is 3.12. The predicted molar refractivity (Wildman–Crippen MR) is 102 cm³/mol. The molecule has 2 aliphatic carbocycles. The van der Waals surface area contributed by atoms with Crippen molar-refractivity contribution in [1.29, 1.82) is 5.26 Å². The number of rotatable bonds is 6. The zero-order valence-corrected chi connectivity index (χ0v) is 16.4. The Hall–Kier alpha value is -0.235. The van der Waals surface area contributed by atoms with Gasteiger partial charge in [0.1, 0.15) is 0 Å². The number of nitriles is 1. The second-order valence-corrected chi connectivity index (χ2v) is 9.05. The molecular weight excluding hydrogens is 332 g/mol. The molecule has 140 valence electrons. The van der Waals surface area contributed by atoms with Crippen LogP contribution < -0.4 is 0 Å². The summed E-state index contributed by atoms with van der Waals surface area (Å²) in [5, 5.41) is 8.84. The van der Waals surface area contributed by atoms with Crippen molar-refractivity contribution >= 4 is 18.7 Å². The summed E-state index contributed by atoms with van der Waals surface area (Å²) in [6.07, 6.45) is 15.3. The van der Waals surface area contributed by atoms with Gasteiger partial charge in [0.05, 0.1) is 23.6 Å². The Morgan fingerprint density at radius 2 is 1.40 bits per heavy atom. The number of hydrogen-bond acceptors (Lipinski definition) is 3. The van der Waals surface area contributed by atoms with Crippen LogP contribution in [0.15, 0.2) is 0 Å². The Balaban J connectivity index is 1.62. The lowest BCUT2D eigenvalue weighted by atomic mass is 9.77. The van der Waals surface area contributed by atoms with Gasteiger partial charge in [0.2, 0.25) is 0 Å². The van der Waals surface area contributed by atoms with E-state index in [0.29, 0.717) is 11.8 Å². The van der Waals surface area contributed by atoms with E-state index in [4.69, 9.17) is 26.2 Å². The first-order valence-electron chi connectivity index (χ1n) is 10.5. The molecule has 0 radical (unpaired) electrons. The molecule has 0 bridgehead atoms. The first-order valence-corrected chi connectivity index (χ1v) is 11.0. The molecule has 1 saturated heterocycles. The van der Waals surface area contributed by atoms with Gasteiger partial charge in [-0.05, 0) is 57.3 Å². The Kier molecular flexibility index (Phi) is 7.52. The van der Waals surface area contributed by atoms with E-state index in [1.165, 1.54) is 64.2 Å². The third-order valence-electron chi connectivity index (χ3n) is 6.53. The van der Waals surface area contributed by atoms with Gasteiger partial charge in [0.25, 0.3) is 0 Å². The number of halogens is 1. The first kappa shape index (κ1) is 19.5. The lowest BCUT2D eigenvalue weighted by molar-refractivity contribution is 0.0324. The summed E-state index contributed by atoms with van der Waals surface area (Å²) in [6, 6.07) is 2.29. The van der Waals surface area contributed by atoms with Crippen molar-refractivity contribution in [2.24, 2.45) is 17.8 Å². The fraction of sp³-hybridized carbons (Fsp3) is 0.950. The zero-order chi connectivity index (χ0) is 17.6. The van der Waals surface area contributed by atoms with Crippen LogP contribution in [0.25, 0.3) is 0 Å². The minimum absolute atomic E-state index is 0.0472. The van der Waals surface area contributed by atoms with E-state index < -0.39 is 0 Å². The monoisotopic (exact) mass is 365 g/mol. The van der Waals surface area contributed by atoms with Gasteiger partial charge in [0.15, 0.2) is 0 Å². The lowest BCUT2D eigenvalue weighted by Gasteiger charge is -2.35. The van der Waals surface area contributed by atoms with Gasteiger partial charge in [-0.25, -0.2) is 0 Å². The molecule has 2 saturated carbocycles. The van der Waals surface area contributed by atoms with Crippen molar-refractivity contribution in [1.82, 2.24) is 0 Å². The van der Waals surface area contributed by atoms with Crippen molar-refractivity contribution in [3.8, 4) is 6.07 Å². The van der Waals surface area contributed by atoms with Crippen molar-refractivity contribution in [2.75, 3.05) is 0 Å². The molecule has 0 aromatic carbocycles.